The fourth-order valence-electron chi connectivity index (χ4n) is 12.9. The number of ketones is 1. The van der Waals surface area contributed by atoms with Crippen LogP contribution in [0.3, 0.4) is 0 Å². The van der Waals surface area contributed by atoms with Crippen molar-refractivity contribution in [2.24, 2.45) is 28.5 Å². The van der Waals surface area contributed by atoms with E-state index >= 15 is 0 Å². The third-order valence-corrected chi connectivity index (χ3v) is 17.5. The molecule has 10 bridgehead atoms. The van der Waals surface area contributed by atoms with E-state index in [1.807, 2.05) is 67.6 Å². The normalized spacial score (nSPS) is 21.8. The molecule has 6 aliphatic rings. The summed E-state index contributed by atoms with van der Waals surface area (Å²) in [5.74, 6) is 2.78. The highest BCUT2D eigenvalue weighted by molar-refractivity contribution is 6.01. The number of benzene rings is 5. The summed E-state index contributed by atoms with van der Waals surface area (Å²) in [6, 6.07) is 25.8. The molecule has 0 aromatic heterocycles. The largest absolute Gasteiger partial charge is 0.508 e. The molecule has 0 amide bonds. The number of carbonyl (C=O) groups is 1. The number of hydrogen-bond acceptors (Lipinski definition) is 13. The van der Waals surface area contributed by atoms with Crippen molar-refractivity contribution >= 4 is 34.3 Å². The lowest BCUT2D eigenvalue weighted by molar-refractivity contribution is -0.121. The van der Waals surface area contributed by atoms with Gasteiger partial charge in [0.2, 0.25) is 0 Å². The van der Waals surface area contributed by atoms with Crippen LogP contribution in [0.4, 0.5) is 5.69 Å². The van der Waals surface area contributed by atoms with Gasteiger partial charge in [-0.15, -0.1) is 0 Å². The summed E-state index contributed by atoms with van der Waals surface area (Å²) in [7, 11) is 3.21. The summed E-state index contributed by atoms with van der Waals surface area (Å²) < 4.78 is 25.4. The number of nitrogens with zero attached hydrogens (tertiary/aromatic N) is 1. The second-order valence-electron chi connectivity index (χ2n) is 23.3. The minimum atomic E-state index is -1.94. The standard InChI is InChI=1S/C70H87N5O10/c1-6-66(79)74-41-50-36-57(48-17-10-14-45(31-48)25-29-83-28-12-27-73-7-2)55-26-30-84-53(34-49-37-62(77)58(50)35-47(49)16-9-8-13-44-15-11-18-51(32-44)75-70(71)72-4)38-52(76)22-20-46-21-24-64(82-5)65(33-46)85-42-61-54-23-19-43(3)56-40-63(78)68(55)60(67(54)56)39-59(61)69(80)81/h10-11,14-15,17-19,21,23-24,31-33,35,37,39-40,43,47,49-50,53,55,57,66,69,73-74,77-81H,6-9,12-13,16,20,22,25,27-29,34,36,38,41-42H2,1-5H3,(H3,71,72,75)/t43-,47+,49-,50-,53-,55+,57+,66+/m0/s1. The number of allylic oxidation sites excluding steroid dienone is 4. The molecule has 452 valence electrons. The zero-order valence-electron chi connectivity index (χ0n) is 50.0. The Morgan fingerprint density at radius 2 is 1.75 bits per heavy atom. The highest BCUT2D eigenvalue weighted by atomic mass is 16.5. The number of guanidine groups is 1. The van der Waals surface area contributed by atoms with Crippen molar-refractivity contribution in [2.75, 3.05) is 52.3 Å². The zero-order valence-corrected chi connectivity index (χ0v) is 50.0. The molecule has 11 rings (SSSR count). The lowest BCUT2D eigenvalue weighted by Crippen LogP contribution is -2.35. The van der Waals surface area contributed by atoms with Crippen LogP contribution in [0.1, 0.15) is 153 Å². The van der Waals surface area contributed by atoms with Crippen molar-refractivity contribution < 1.29 is 49.3 Å². The summed E-state index contributed by atoms with van der Waals surface area (Å²) in [5.41, 5.74) is 14.4. The van der Waals surface area contributed by atoms with Crippen LogP contribution in [-0.2, 0) is 40.1 Å². The predicted molar refractivity (Wildman–Crippen MR) is 336 cm³/mol. The first-order valence-corrected chi connectivity index (χ1v) is 30.6. The summed E-state index contributed by atoms with van der Waals surface area (Å²) in [5, 5.41) is 71.0. The molecule has 15 heteroatoms. The lowest BCUT2D eigenvalue weighted by Gasteiger charge is -2.35. The van der Waals surface area contributed by atoms with E-state index in [1.165, 1.54) is 0 Å². The SMILES string of the molecule is CCNCCCOCCc1cccc([C@H]2C[C@@H](CN[C@H](O)CC)C3=C[C@@H](CCCCc4cccc(NC(N)=NC)c4)[C@H](C=C3O)C[C@H]3CC(=O)CCc4ccc(OC)c(c4)OCc4c(C(O)O)cc5c(c(O)cc6c5c4C=C[C@@H]6C)[C@@H]2C#CO3)c1. The van der Waals surface area contributed by atoms with Crippen LogP contribution in [0.15, 0.2) is 113 Å². The number of rotatable bonds is 21. The van der Waals surface area contributed by atoms with Gasteiger partial charge in [-0.05, 0) is 175 Å². The first-order valence-electron chi connectivity index (χ1n) is 30.6. The average molecular weight is 1160 g/mol. The van der Waals surface area contributed by atoms with Crippen LogP contribution in [0.25, 0.3) is 16.8 Å². The highest BCUT2D eigenvalue weighted by Crippen LogP contribution is 2.51. The molecule has 0 spiro atoms. The number of ether oxygens (including phenoxy) is 4. The Morgan fingerprint density at radius 3 is 2.54 bits per heavy atom. The number of methoxy groups -OCH3 is 1. The van der Waals surface area contributed by atoms with Gasteiger partial charge in [0.1, 0.15) is 42.3 Å². The molecular formula is C70H87N5O10. The summed E-state index contributed by atoms with van der Waals surface area (Å²) >= 11 is 0. The van der Waals surface area contributed by atoms with E-state index in [2.05, 4.69) is 83.2 Å². The van der Waals surface area contributed by atoms with Gasteiger partial charge >= 0.3 is 0 Å². The van der Waals surface area contributed by atoms with E-state index in [0.29, 0.717) is 85.8 Å². The highest BCUT2D eigenvalue weighted by Gasteiger charge is 2.38. The predicted octanol–water partition coefficient (Wildman–Crippen LogP) is 11.0. The van der Waals surface area contributed by atoms with Gasteiger partial charge in [0.05, 0.1) is 19.6 Å². The summed E-state index contributed by atoms with van der Waals surface area (Å²) in [4.78, 5) is 18.5. The van der Waals surface area contributed by atoms with Crippen LogP contribution in [0.2, 0.25) is 0 Å². The maximum atomic E-state index is 14.5. The minimum Gasteiger partial charge on any atom is -0.508 e. The Bertz CT molecular complexity index is 3320. The molecular weight excluding hydrogens is 1070 g/mol. The smallest absolute Gasteiger partial charge is 0.192 e. The number of phenolic OH excluding ortho intramolecular Hbond substituents is 1. The van der Waals surface area contributed by atoms with Crippen LogP contribution < -0.4 is 31.2 Å². The molecule has 15 nitrogen and oxygen atoms in total. The van der Waals surface area contributed by atoms with Crippen molar-refractivity contribution in [3.8, 4) is 29.3 Å². The van der Waals surface area contributed by atoms with Gasteiger partial charge in [0, 0.05) is 73.2 Å². The number of unbranched alkanes of at least 4 members (excludes halogenated alkanes) is 1. The number of nitrogens with two attached hydrogens (primary N) is 1. The number of anilines is 1. The van der Waals surface area contributed by atoms with E-state index in [1.54, 1.807) is 20.2 Å². The van der Waals surface area contributed by atoms with Crippen molar-refractivity contribution in [2.45, 2.75) is 141 Å². The number of aryl methyl sites for hydroxylation is 2. The van der Waals surface area contributed by atoms with Crippen molar-refractivity contribution in [1.29, 1.82) is 0 Å². The van der Waals surface area contributed by atoms with Gasteiger partial charge in [0.15, 0.2) is 23.7 Å². The van der Waals surface area contributed by atoms with E-state index < -0.39 is 36.4 Å². The Kier molecular flexibility index (Phi) is 21.8. The third kappa shape index (κ3) is 15.6. The number of aliphatic hydroxyl groups excluding tert-OH is 3. The Labute approximate surface area is 501 Å². The first-order chi connectivity index (χ1) is 41.2. The molecule has 0 unspecified atom stereocenters. The molecule has 0 saturated carbocycles. The lowest BCUT2D eigenvalue weighted by atomic mass is 9.70. The molecule has 10 N–H and O–H groups in total. The van der Waals surface area contributed by atoms with E-state index in [0.717, 1.165) is 95.2 Å². The van der Waals surface area contributed by atoms with Gasteiger partial charge < -0.3 is 60.8 Å². The second-order valence-corrected chi connectivity index (χ2v) is 23.3. The van der Waals surface area contributed by atoms with E-state index in [-0.39, 0.29) is 60.1 Å². The zero-order chi connectivity index (χ0) is 60.0. The van der Waals surface area contributed by atoms with E-state index in [4.69, 9.17) is 24.7 Å². The average Bonchev–Trinajstić information content (AvgIpc) is 3.61. The molecule has 0 radical (unpaired) electrons. The molecule has 85 heavy (non-hydrogen) atoms. The maximum absolute atomic E-state index is 14.5. The van der Waals surface area contributed by atoms with Gasteiger partial charge in [0.25, 0.3) is 0 Å². The first kappa shape index (κ1) is 62.4. The fourth-order valence-corrected chi connectivity index (χ4v) is 12.9. The van der Waals surface area contributed by atoms with E-state index in [9.17, 15) is 30.3 Å². The van der Waals surface area contributed by atoms with Gasteiger partial charge in [-0.2, -0.15) is 0 Å². The Morgan fingerprint density at radius 1 is 0.929 bits per heavy atom. The van der Waals surface area contributed by atoms with Gasteiger partial charge in [-0.3, -0.25) is 15.1 Å². The van der Waals surface area contributed by atoms with Crippen molar-refractivity contribution in [3.05, 3.63) is 158 Å². The quantitative estimate of drug-likeness (QED) is 0.0109. The number of fused-ring (bicyclic) bond motifs is 8. The summed E-state index contributed by atoms with van der Waals surface area (Å²) in [6.45, 7) is 9.24. The van der Waals surface area contributed by atoms with Crippen LogP contribution in [0.5, 0.6) is 17.2 Å². The summed E-state index contributed by atoms with van der Waals surface area (Å²) in [6.07, 6.45) is 14.8. The van der Waals surface area contributed by atoms with Crippen LogP contribution >= 0.6 is 0 Å². The number of Topliss-reactive ketones (excluding diaryl/α,β-unsaturated/α-hetero) is 1. The molecule has 4 heterocycles. The van der Waals surface area contributed by atoms with Crippen LogP contribution in [-0.4, -0.2) is 96.6 Å². The maximum Gasteiger partial charge on any atom is 0.192 e. The molecule has 5 aromatic carbocycles. The Hall–Kier alpha value is -7.16. The second kappa shape index (κ2) is 29.8. The fraction of sp³-hybridized carbons (Fsp3) is 0.457. The number of aliphatic hydroxyl groups is 4. The molecule has 2 aliphatic carbocycles. The molecule has 4 aliphatic heterocycles. The monoisotopic (exact) mass is 1160 g/mol. The minimum absolute atomic E-state index is 0.0146. The number of phenols is 1. The number of nitrogens with one attached hydrogen (secondary N) is 3. The van der Waals surface area contributed by atoms with Gasteiger partial charge in [-0.25, -0.2) is 0 Å². The molecule has 8 atom stereocenters. The molecule has 0 fully saturated rings. The molecule has 0 saturated heterocycles. The van der Waals surface area contributed by atoms with Gasteiger partial charge in [-0.1, -0.05) is 93.8 Å². The van der Waals surface area contributed by atoms with Crippen molar-refractivity contribution in [1.82, 2.24) is 10.6 Å². The number of hydrogen-bond donors (Lipinski definition) is 9. The number of aliphatic imine (C=N–C) groups is 1. The van der Waals surface area contributed by atoms with Crippen LogP contribution in [0, 0.1) is 29.8 Å². The Balaban J connectivity index is 1.22. The number of carbonyl (C=O) groups excluding carboxylic acids is 1. The topological polar surface area (TPSA) is 230 Å². The van der Waals surface area contributed by atoms with Crippen molar-refractivity contribution in [3.63, 3.8) is 0 Å². The number of aromatic hydroxyl groups is 1. The molecule has 5 aromatic rings. The third-order valence-electron chi connectivity index (χ3n) is 17.5.